The van der Waals surface area contributed by atoms with E-state index in [1.807, 2.05) is 23.1 Å². The minimum absolute atomic E-state index is 0. The molecule has 2 aliphatic rings. The Bertz CT molecular complexity index is 1710. The van der Waals surface area contributed by atoms with Crippen molar-refractivity contribution in [3.05, 3.63) is 83.7 Å². The highest BCUT2D eigenvalue weighted by Gasteiger charge is 2.56. The number of pyridine rings is 1. The van der Waals surface area contributed by atoms with E-state index in [2.05, 4.69) is 4.98 Å². The molecule has 2 aromatic carbocycles. The lowest BCUT2D eigenvalue weighted by Crippen LogP contribution is -2.69. The van der Waals surface area contributed by atoms with Crippen LogP contribution in [0.25, 0.3) is 0 Å². The van der Waals surface area contributed by atoms with E-state index in [1.54, 1.807) is 13.2 Å². The lowest BCUT2D eigenvalue weighted by Gasteiger charge is -2.51. The van der Waals surface area contributed by atoms with Crippen LogP contribution in [-0.2, 0) is 21.9 Å². The van der Waals surface area contributed by atoms with Gasteiger partial charge in [0.15, 0.2) is 0 Å². The second-order valence-electron chi connectivity index (χ2n) is 12.7. The molecule has 0 spiro atoms. The summed E-state index contributed by atoms with van der Waals surface area (Å²) in [6, 6.07) is 10.0. The third kappa shape index (κ3) is 9.48. The van der Waals surface area contributed by atoms with Crippen molar-refractivity contribution in [2.24, 2.45) is 0 Å². The summed E-state index contributed by atoms with van der Waals surface area (Å²) in [5.41, 5.74) is -4.40. The number of piperidine rings is 1. The molecule has 0 aliphatic carbocycles. The number of piperazine rings is 1. The standard InChI is InChI=1S/C36H40F6N4O7.ClH/c1-51-19-20-52-30-6-3-2-5-29(30)44-15-17-45(18-16-44)33(50)34(53-26-9-7-24(8-10-26)35(37,38)39)12-4-14-46(31(34)21-25(48)23-47)32(49)27-22-43-13-11-28(27)36(40,41)42;/h2-3,5-11,13,22,25,31,47-48H,4,12,14-21,23H2,1H3;1H/t25?,31-,34+;/m1./s1. The van der Waals surface area contributed by atoms with Gasteiger partial charge in [0.25, 0.3) is 11.8 Å². The number of ether oxygens (including phenoxy) is 3. The molecule has 2 N–H and O–H groups in total. The molecule has 3 heterocycles. The number of nitrogens with zero attached hydrogens (tertiary/aromatic N) is 4. The normalized spacial score (nSPS) is 19.9. The molecule has 0 bridgehead atoms. The predicted octanol–water partition coefficient (Wildman–Crippen LogP) is 5.08. The van der Waals surface area contributed by atoms with Gasteiger partial charge in [-0.25, -0.2) is 0 Å². The van der Waals surface area contributed by atoms with Gasteiger partial charge in [0.1, 0.15) is 18.1 Å². The minimum atomic E-state index is -4.94. The van der Waals surface area contributed by atoms with Crippen LogP contribution in [-0.4, -0.2) is 114 Å². The van der Waals surface area contributed by atoms with Crippen LogP contribution in [0.2, 0.25) is 0 Å². The number of hydrogen-bond donors (Lipinski definition) is 2. The van der Waals surface area contributed by atoms with Gasteiger partial charge >= 0.3 is 12.4 Å². The minimum Gasteiger partial charge on any atom is -0.489 e. The number of carbonyl (C=O) groups excluding carboxylic acids is 2. The fourth-order valence-electron chi connectivity index (χ4n) is 6.77. The topological polar surface area (TPSA) is 125 Å². The Labute approximate surface area is 313 Å². The lowest BCUT2D eigenvalue weighted by molar-refractivity contribution is -0.161. The summed E-state index contributed by atoms with van der Waals surface area (Å²) in [6.45, 7) is 0.535. The van der Waals surface area contributed by atoms with Crippen LogP contribution < -0.4 is 14.4 Å². The SMILES string of the molecule is COCCOc1ccccc1N1CCN(C(=O)[C@]2(Oc3ccc(C(F)(F)F)cc3)CCCN(C(=O)c3cnccc3C(F)(F)F)[C@@H]2CC(O)CO)CC1.Cl. The van der Waals surface area contributed by atoms with Crippen LogP contribution >= 0.6 is 12.4 Å². The Hall–Kier alpha value is -4.32. The smallest absolute Gasteiger partial charge is 0.417 e. The van der Waals surface area contributed by atoms with Gasteiger partial charge in [0, 0.05) is 65.1 Å². The van der Waals surface area contributed by atoms with E-state index in [-0.39, 0.29) is 50.6 Å². The molecule has 3 aromatic rings. The molecule has 1 unspecified atom stereocenters. The Morgan fingerprint density at radius 3 is 2.26 bits per heavy atom. The van der Waals surface area contributed by atoms with Crippen molar-refractivity contribution < 1.29 is 60.4 Å². The predicted molar refractivity (Wildman–Crippen MR) is 186 cm³/mol. The zero-order chi connectivity index (χ0) is 38.4. The fraction of sp³-hybridized carbons (Fsp3) is 0.472. The number of carbonyl (C=O) groups is 2. The molecule has 296 valence electrons. The lowest BCUT2D eigenvalue weighted by atomic mass is 9.79. The average molecular weight is 791 g/mol. The van der Waals surface area contributed by atoms with Gasteiger partial charge in [0.05, 0.1) is 47.7 Å². The summed E-state index contributed by atoms with van der Waals surface area (Å²) in [5.74, 6) is -1.42. The molecular formula is C36H41ClF6N4O7. The number of likely N-dealkylation sites (tertiary alicyclic amines) is 1. The highest BCUT2D eigenvalue weighted by molar-refractivity contribution is 5.97. The molecular weight excluding hydrogens is 750 g/mol. The fourth-order valence-corrected chi connectivity index (χ4v) is 6.77. The maximum atomic E-state index is 14.9. The Kier molecular flexibility index (Phi) is 14.0. The first-order valence-corrected chi connectivity index (χ1v) is 16.9. The number of rotatable bonds is 12. The number of halogens is 7. The molecule has 1 aromatic heterocycles. The zero-order valence-corrected chi connectivity index (χ0v) is 30.0. The number of aliphatic hydroxyl groups is 2. The molecule has 0 radical (unpaired) electrons. The second kappa shape index (κ2) is 17.9. The first kappa shape index (κ1) is 42.4. The van der Waals surface area contributed by atoms with Crippen LogP contribution in [0, 0.1) is 0 Å². The van der Waals surface area contributed by atoms with E-state index in [1.165, 1.54) is 4.90 Å². The van der Waals surface area contributed by atoms with Crippen molar-refractivity contribution in [3.8, 4) is 11.5 Å². The van der Waals surface area contributed by atoms with Crippen molar-refractivity contribution in [1.82, 2.24) is 14.8 Å². The summed E-state index contributed by atoms with van der Waals surface area (Å²) in [5, 5.41) is 20.6. The van der Waals surface area contributed by atoms with E-state index in [0.717, 1.165) is 47.2 Å². The molecule has 54 heavy (non-hydrogen) atoms. The second-order valence-corrected chi connectivity index (χ2v) is 12.7. The van der Waals surface area contributed by atoms with E-state index in [9.17, 15) is 46.1 Å². The maximum absolute atomic E-state index is 14.9. The first-order valence-electron chi connectivity index (χ1n) is 16.9. The monoisotopic (exact) mass is 790 g/mol. The van der Waals surface area contributed by atoms with Crippen LogP contribution in [0.1, 0.15) is 40.7 Å². The number of anilines is 1. The number of alkyl halides is 6. The van der Waals surface area contributed by atoms with Crippen molar-refractivity contribution in [3.63, 3.8) is 0 Å². The number of aromatic nitrogens is 1. The largest absolute Gasteiger partial charge is 0.489 e. The molecule has 11 nitrogen and oxygen atoms in total. The van der Waals surface area contributed by atoms with Gasteiger partial charge in [-0.2, -0.15) is 26.3 Å². The first-order chi connectivity index (χ1) is 25.2. The van der Waals surface area contributed by atoms with Gasteiger partial charge < -0.3 is 39.1 Å². The number of benzene rings is 2. The van der Waals surface area contributed by atoms with Gasteiger partial charge in [-0.3, -0.25) is 14.6 Å². The molecule has 2 saturated heterocycles. The number of para-hydroxylation sites is 2. The molecule has 3 atom stereocenters. The zero-order valence-electron chi connectivity index (χ0n) is 29.2. The Morgan fingerprint density at radius 1 is 0.944 bits per heavy atom. The molecule has 2 fully saturated rings. The third-order valence-electron chi connectivity index (χ3n) is 9.35. The summed E-state index contributed by atoms with van der Waals surface area (Å²) in [6.07, 6.45) is -10.1. The van der Waals surface area contributed by atoms with Crippen molar-refractivity contribution >= 4 is 29.9 Å². The maximum Gasteiger partial charge on any atom is 0.417 e. The number of aliphatic hydroxyl groups excluding tert-OH is 2. The number of hydrogen-bond acceptors (Lipinski definition) is 9. The van der Waals surface area contributed by atoms with E-state index < -0.39 is 71.6 Å². The molecule has 2 amide bonds. The molecule has 5 rings (SSSR count). The Morgan fingerprint density at radius 2 is 1.63 bits per heavy atom. The van der Waals surface area contributed by atoms with Gasteiger partial charge in [-0.05, 0) is 48.9 Å². The van der Waals surface area contributed by atoms with Gasteiger partial charge in [-0.1, -0.05) is 12.1 Å². The van der Waals surface area contributed by atoms with E-state index >= 15 is 0 Å². The summed E-state index contributed by atoms with van der Waals surface area (Å²) >= 11 is 0. The summed E-state index contributed by atoms with van der Waals surface area (Å²) in [7, 11) is 1.55. The molecule has 0 saturated carbocycles. The van der Waals surface area contributed by atoms with E-state index in [0.29, 0.717) is 38.1 Å². The third-order valence-corrected chi connectivity index (χ3v) is 9.35. The summed E-state index contributed by atoms with van der Waals surface area (Å²) in [4.78, 5) is 37.2. The van der Waals surface area contributed by atoms with Crippen LogP contribution in [0.15, 0.2) is 67.0 Å². The van der Waals surface area contributed by atoms with Gasteiger partial charge in [0.2, 0.25) is 5.60 Å². The van der Waals surface area contributed by atoms with Crippen molar-refractivity contribution in [1.29, 1.82) is 0 Å². The van der Waals surface area contributed by atoms with Crippen molar-refractivity contribution in [2.75, 3.05) is 64.6 Å². The quantitative estimate of drug-likeness (QED) is 0.191. The summed E-state index contributed by atoms with van der Waals surface area (Å²) < 4.78 is 99.8. The molecule has 18 heteroatoms. The highest BCUT2D eigenvalue weighted by atomic mass is 35.5. The van der Waals surface area contributed by atoms with Crippen LogP contribution in [0.4, 0.5) is 32.0 Å². The van der Waals surface area contributed by atoms with Gasteiger partial charge in [-0.15, -0.1) is 12.4 Å². The van der Waals surface area contributed by atoms with E-state index in [4.69, 9.17) is 14.2 Å². The molecule has 2 aliphatic heterocycles. The average Bonchev–Trinajstić information content (AvgIpc) is 3.14. The Balaban J connectivity index is 0.00000650. The van der Waals surface area contributed by atoms with Crippen LogP contribution in [0.3, 0.4) is 0 Å². The number of methoxy groups -OCH3 is 1. The van der Waals surface area contributed by atoms with Crippen LogP contribution in [0.5, 0.6) is 11.5 Å². The highest BCUT2D eigenvalue weighted by Crippen LogP contribution is 2.41. The number of amides is 2. The van der Waals surface area contributed by atoms with Crippen molar-refractivity contribution in [2.45, 2.75) is 49.4 Å².